The molecule has 1 atom stereocenters. The lowest BCUT2D eigenvalue weighted by Crippen LogP contribution is -2.34. The van der Waals surface area contributed by atoms with Crippen molar-refractivity contribution < 1.29 is 9.32 Å². The molecule has 0 aliphatic carbocycles. The van der Waals surface area contributed by atoms with Gasteiger partial charge < -0.3 is 9.84 Å². The lowest BCUT2D eigenvalue weighted by Gasteiger charge is -2.15. The van der Waals surface area contributed by atoms with Crippen molar-refractivity contribution in [2.45, 2.75) is 19.9 Å². The van der Waals surface area contributed by atoms with E-state index in [9.17, 15) is 9.59 Å². The van der Waals surface area contributed by atoms with Gasteiger partial charge in [-0.25, -0.2) is 4.68 Å². The molecule has 3 aromatic heterocycles. The summed E-state index contributed by atoms with van der Waals surface area (Å²) in [4.78, 5) is 26.5. The first-order valence-corrected chi connectivity index (χ1v) is 9.22. The van der Waals surface area contributed by atoms with Gasteiger partial charge in [-0.05, 0) is 31.4 Å². The summed E-state index contributed by atoms with van der Waals surface area (Å²) in [6.07, 6.45) is 0. The van der Waals surface area contributed by atoms with E-state index in [-0.39, 0.29) is 5.56 Å². The monoisotopic (exact) mass is 380 g/mol. The lowest BCUT2D eigenvalue weighted by molar-refractivity contribution is -0.119. The van der Waals surface area contributed by atoms with Crippen LogP contribution in [0.3, 0.4) is 0 Å². The van der Waals surface area contributed by atoms with E-state index in [0.29, 0.717) is 22.7 Å². The number of anilines is 1. The molecule has 136 valence electrons. The topological polar surface area (TPSA) is 90.0 Å². The maximum Gasteiger partial charge on any atom is 0.275 e. The van der Waals surface area contributed by atoms with Gasteiger partial charge in [0.15, 0.2) is 5.82 Å². The van der Waals surface area contributed by atoms with Gasteiger partial charge in [-0.15, -0.1) is 11.3 Å². The molecular formula is C19H16N4O3S. The number of thiophene rings is 1. The van der Waals surface area contributed by atoms with Crippen LogP contribution in [0.5, 0.6) is 0 Å². The molecule has 8 heteroatoms. The molecule has 7 nitrogen and oxygen atoms in total. The summed E-state index contributed by atoms with van der Waals surface area (Å²) in [6, 6.07) is 11.9. The summed E-state index contributed by atoms with van der Waals surface area (Å²) < 4.78 is 6.17. The highest BCUT2D eigenvalue weighted by atomic mass is 32.1. The Bertz CT molecular complexity index is 1180. The highest BCUT2D eigenvalue weighted by Crippen LogP contribution is 2.28. The number of fused-ring (bicyclic) bond motifs is 1. The highest BCUT2D eigenvalue weighted by Gasteiger charge is 2.22. The van der Waals surface area contributed by atoms with Crippen molar-refractivity contribution in [1.82, 2.24) is 14.9 Å². The van der Waals surface area contributed by atoms with Crippen molar-refractivity contribution in [2.24, 2.45) is 0 Å². The quantitative estimate of drug-likeness (QED) is 0.584. The van der Waals surface area contributed by atoms with E-state index < -0.39 is 11.9 Å². The Labute approximate surface area is 158 Å². The molecule has 0 radical (unpaired) electrons. The number of nitrogens with zero attached hydrogens (tertiary/aromatic N) is 3. The maximum atomic E-state index is 12.9. The van der Waals surface area contributed by atoms with Crippen molar-refractivity contribution in [2.75, 3.05) is 5.32 Å². The van der Waals surface area contributed by atoms with Gasteiger partial charge in [0.05, 0.1) is 10.3 Å². The molecule has 0 aliphatic heterocycles. The Balaban J connectivity index is 1.80. The zero-order valence-corrected chi connectivity index (χ0v) is 15.5. The van der Waals surface area contributed by atoms with Crippen LogP contribution in [-0.2, 0) is 4.79 Å². The molecule has 1 N–H and O–H groups in total. The van der Waals surface area contributed by atoms with Crippen LogP contribution in [0, 0.1) is 6.92 Å². The number of hydrogen-bond acceptors (Lipinski definition) is 6. The van der Waals surface area contributed by atoms with Gasteiger partial charge >= 0.3 is 0 Å². The third kappa shape index (κ3) is 3.15. The third-order valence-corrected chi connectivity index (χ3v) is 5.09. The zero-order chi connectivity index (χ0) is 19.0. The van der Waals surface area contributed by atoms with Crippen LogP contribution >= 0.6 is 11.3 Å². The molecule has 0 spiro atoms. The first-order valence-electron chi connectivity index (χ1n) is 8.34. The fraction of sp³-hybridized carbons (Fsp3) is 0.158. The fourth-order valence-electron chi connectivity index (χ4n) is 2.83. The molecule has 4 aromatic rings. The standard InChI is InChI=1S/C19H16N4O3S/c1-11-10-16(22-26-11)20-18(24)12(2)23-19(25)14-7-4-3-6-13(14)17(21-23)15-8-5-9-27-15/h3-10,12H,1-2H3,(H,20,22,24)/t12-/m0/s1. The Morgan fingerprint density at radius 1 is 1.22 bits per heavy atom. The number of hydrogen-bond donors (Lipinski definition) is 1. The van der Waals surface area contributed by atoms with E-state index in [2.05, 4.69) is 15.6 Å². The summed E-state index contributed by atoms with van der Waals surface area (Å²) in [5.74, 6) is 0.487. The molecule has 1 aromatic carbocycles. The zero-order valence-electron chi connectivity index (χ0n) is 14.7. The highest BCUT2D eigenvalue weighted by molar-refractivity contribution is 7.13. The van der Waals surface area contributed by atoms with Crippen LogP contribution in [0.1, 0.15) is 18.7 Å². The van der Waals surface area contributed by atoms with Gasteiger partial charge in [-0.1, -0.05) is 29.4 Å². The Morgan fingerprint density at radius 2 is 2.00 bits per heavy atom. The van der Waals surface area contributed by atoms with E-state index in [0.717, 1.165) is 10.3 Å². The largest absolute Gasteiger partial charge is 0.360 e. The van der Waals surface area contributed by atoms with Gasteiger partial charge in [-0.3, -0.25) is 9.59 Å². The maximum absolute atomic E-state index is 12.9. The van der Waals surface area contributed by atoms with E-state index >= 15 is 0 Å². The van der Waals surface area contributed by atoms with Crippen molar-refractivity contribution >= 4 is 33.8 Å². The van der Waals surface area contributed by atoms with E-state index in [1.807, 2.05) is 29.6 Å². The Hall–Kier alpha value is -3.26. The fourth-order valence-corrected chi connectivity index (χ4v) is 3.55. The van der Waals surface area contributed by atoms with Crippen molar-refractivity contribution in [1.29, 1.82) is 0 Å². The molecule has 3 heterocycles. The van der Waals surface area contributed by atoms with Gasteiger partial charge in [0.25, 0.3) is 5.56 Å². The van der Waals surface area contributed by atoms with Crippen LogP contribution in [0.25, 0.3) is 21.3 Å². The Morgan fingerprint density at radius 3 is 2.67 bits per heavy atom. The van der Waals surface area contributed by atoms with Gasteiger partial charge in [-0.2, -0.15) is 5.10 Å². The minimum absolute atomic E-state index is 0.302. The van der Waals surface area contributed by atoms with Crippen molar-refractivity contribution in [3.8, 4) is 10.6 Å². The van der Waals surface area contributed by atoms with Crippen LogP contribution < -0.4 is 10.9 Å². The predicted molar refractivity (Wildman–Crippen MR) is 104 cm³/mol. The van der Waals surface area contributed by atoms with Crippen LogP contribution in [0.2, 0.25) is 0 Å². The summed E-state index contributed by atoms with van der Waals surface area (Å²) in [5.41, 5.74) is 0.363. The average Bonchev–Trinajstić information content (AvgIpc) is 3.34. The van der Waals surface area contributed by atoms with E-state index in [4.69, 9.17) is 4.52 Å². The molecule has 0 aliphatic rings. The van der Waals surface area contributed by atoms with E-state index in [1.54, 1.807) is 32.0 Å². The molecule has 4 rings (SSSR count). The molecule has 0 bridgehead atoms. The molecular weight excluding hydrogens is 364 g/mol. The molecule has 0 unspecified atom stereocenters. The summed E-state index contributed by atoms with van der Waals surface area (Å²) in [5, 5.41) is 14.2. The van der Waals surface area contributed by atoms with Crippen molar-refractivity contribution in [3.63, 3.8) is 0 Å². The molecule has 0 saturated heterocycles. The summed E-state index contributed by atoms with van der Waals surface area (Å²) in [7, 11) is 0. The van der Waals surface area contributed by atoms with Gasteiger partial charge in [0.2, 0.25) is 5.91 Å². The second kappa shape index (κ2) is 6.81. The van der Waals surface area contributed by atoms with Crippen LogP contribution in [0.4, 0.5) is 5.82 Å². The second-order valence-electron chi connectivity index (χ2n) is 6.11. The van der Waals surface area contributed by atoms with Gasteiger partial charge in [0.1, 0.15) is 17.5 Å². The smallest absolute Gasteiger partial charge is 0.275 e. The predicted octanol–water partition coefficient (Wildman–Crippen LogP) is 3.62. The van der Waals surface area contributed by atoms with E-state index in [1.165, 1.54) is 16.0 Å². The summed E-state index contributed by atoms with van der Waals surface area (Å²) in [6.45, 7) is 3.36. The summed E-state index contributed by atoms with van der Waals surface area (Å²) >= 11 is 1.53. The Kier molecular flexibility index (Phi) is 4.33. The van der Waals surface area contributed by atoms with Crippen molar-refractivity contribution in [3.05, 3.63) is 64.0 Å². The molecule has 0 fully saturated rings. The SMILES string of the molecule is Cc1cc(NC(=O)[C@H](C)n2nc(-c3cccs3)c3ccccc3c2=O)no1. The van der Waals surface area contributed by atoms with Crippen LogP contribution in [0.15, 0.2) is 57.2 Å². The first-order chi connectivity index (χ1) is 13.0. The minimum Gasteiger partial charge on any atom is -0.360 e. The lowest BCUT2D eigenvalue weighted by atomic mass is 10.1. The minimum atomic E-state index is -0.821. The third-order valence-electron chi connectivity index (χ3n) is 4.21. The number of aryl methyl sites for hydroxylation is 1. The van der Waals surface area contributed by atoms with Crippen LogP contribution in [-0.4, -0.2) is 20.8 Å². The molecule has 1 amide bonds. The molecule has 0 saturated carbocycles. The average molecular weight is 380 g/mol. The second-order valence-corrected chi connectivity index (χ2v) is 7.06. The number of carbonyl (C=O) groups is 1. The number of benzene rings is 1. The molecule has 27 heavy (non-hydrogen) atoms. The number of aromatic nitrogens is 3. The normalized spacial score (nSPS) is 12.2. The number of amides is 1. The first kappa shape index (κ1) is 17.2. The number of nitrogens with one attached hydrogen (secondary N) is 1. The number of rotatable bonds is 4. The van der Waals surface area contributed by atoms with Gasteiger partial charge in [0, 0.05) is 11.5 Å². The number of carbonyl (C=O) groups excluding carboxylic acids is 1.